The van der Waals surface area contributed by atoms with Crippen LogP contribution < -0.4 is 0 Å². The Balaban J connectivity index is 1.14. The molecule has 0 bridgehead atoms. The lowest BCUT2D eigenvalue weighted by Crippen LogP contribution is -1.97. The van der Waals surface area contributed by atoms with Gasteiger partial charge in [0.25, 0.3) is 0 Å². The van der Waals surface area contributed by atoms with Gasteiger partial charge in [0.1, 0.15) is 11.2 Å². The minimum atomic E-state index is 0.912. The molecule has 0 atom stereocenters. The van der Waals surface area contributed by atoms with Crippen molar-refractivity contribution in [2.75, 3.05) is 0 Å². The average Bonchev–Trinajstić information content (AvgIpc) is 3.98. The lowest BCUT2D eigenvalue weighted by Gasteiger charge is -2.12. The van der Waals surface area contributed by atoms with Crippen molar-refractivity contribution >= 4 is 76.3 Å². The first-order valence-corrected chi connectivity index (χ1v) is 18.9. The van der Waals surface area contributed by atoms with Gasteiger partial charge in [0.2, 0.25) is 0 Å². The summed E-state index contributed by atoms with van der Waals surface area (Å²) in [7, 11) is 0. The number of fused-ring (bicyclic) bond motifs is 13. The van der Waals surface area contributed by atoms with E-state index in [1.165, 1.54) is 87.8 Å². The fourth-order valence-electron chi connectivity index (χ4n) is 9.70. The van der Waals surface area contributed by atoms with E-state index in [9.17, 15) is 0 Å². The summed E-state index contributed by atoms with van der Waals surface area (Å²) < 4.78 is 11.1. The molecule has 0 fully saturated rings. The number of hydrogen-bond donors (Lipinski definition) is 0. The third-order valence-electron chi connectivity index (χ3n) is 12.0. The third-order valence-corrected chi connectivity index (χ3v) is 12.0. The Morgan fingerprint density at radius 3 is 1.82 bits per heavy atom. The zero-order chi connectivity index (χ0) is 35.8. The fraction of sp³-hybridized carbons (Fsp3) is 0. The number of para-hydroxylation sites is 3. The SMILES string of the molecule is c1ccc(-n2c3ccccc3c3ccc(-n4c5ccc(-c6ccc7oc8ccccc8c7c6)cc5c5c6cccc7c6c(cc54)-c4ccccc4-7)cc32)cc1. The van der Waals surface area contributed by atoms with Crippen LogP contribution in [0.2, 0.25) is 0 Å². The van der Waals surface area contributed by atoms with Gasteiger partial charge in [0.15, 0.2) is 0 Å². The molecule has 0 saturated carbocycles. The second-order valence-electron chi connectivity index (χ2n) is 14.9. The summed E-state index contributed by atoms with van der Waals surface area (Å²) in [6.45, 7) is 0. The summed E-state index contributed by atoms with van der Waals surface area (Å²) in [4.78, 5) is 0. The van der Waals surface area contributed by atoms with Gasteiger partial charge in [-0.15, -0.1) is 0 Å². The quantitative estimate of drug-likeness (QED) is 0.180. The maximum absolute atomic E-state index is 6.21. The maximum Gasteiger partial charge on any atom is 0.135 e. The van der Waals surface area contributed by atoms with Gasteiger partial charge in [-0.3, -0.25) is 0 Å². The molecule has 3 heterocycles. The smallest absolute Gasteiger partial charge is 0.135 e. The van der Waals surface area contributed by atoms with Crippen molar-refractivity contribution in [3.63, 3.8) is 0 Å². The van der Waals surface area contributed by atoms with Crippen molar-refractivity contribution in [2.24, 2.45) is 0 Å². The second-order valence-corrected chi connectivity index (χ2v) is 14.9. The van der Waals surface area contributed by atoms with E-state index < -0.39 is 0 Å². The minimum Gasteiger partial charge on any atom is -0.456 e. The van der Waals surface area contributed by atoms with E-state index in [0.29, 0.717) is 0 Å². The Morgan fingerprint density at radius 1 is 0.291 bits per heavy atom. The topological polar surface area (TPSA) is 23.0 Å². The molecule has 3 aromatic heterocycles. The van der Waals surface area contributed by atoms with Crippen LogP contribution in [0.15, 0.2) is 186 Å². The Hall–Kier alpha value is -7.36. The second kappa shape index (κ2) is 10.6. The van der Waals surface area contributed by atoms with Gasteiger partial charge in [-0.1, -0.05) is 115 Å². The van der Waals surface area contributed by atoms with Crippen molar-refractivity contribution in [1.29, 1.82) is 0 Å². The van der Waals surface area contributed by atoms with Crippen LogP contribution in [-0.4, -0.2) is 9.13 Å². The van der Waals surface area contributed by atoms with Crippen LogP contribution >= 0.6 is 0 Å². The Morgan fingerprint density at radius 2 is 0.927 bits per heavy atom. The Labute approximate surface area is 315 Å². The molecule has 0 unspecified atom stereocenters. The van der Waals surface area contributed by atoms with Gasteiger partial charge in [0.05, 0.1) is 22.1 Å². The highest BCUT2D eigenvalue weighted by Crippen LogP contribution is 2.51. The van der Waals surface area contributed by atoms with Crippen LogP contribution in [0.1, 0.15) is 0 Å². The molecule has 9 aromatic carbocycles. The lowest BCUT2D eigenvalue weighted by molar-refractivity contribution is 0.669. The van der Waals surface area contributed by atoms with E-state index in [-0.39, 0.29) is 0 Å². The molecule has 1 aliphatic carbocycles. The molecule has 55 heavy (non-hydrogen) atoms. The van der Waals surface area contributed by atoms with E-state index in [4.69, 9.17) is 4.42 Å². The summed E-state index contributed by atoms with van der Waals surface area (Å²) >= 11 is 0. The van der Waals surface area contributed by atoms with Gasteiger partial charge in [-0.2, -0.15) is 0 Å². The van der Waals surface area contributed by atoms with E-state index in [0.717, 1.165) is 33.3 Å². The molecule has 3 nitrogen and oxygen atoms in total. The summed E-state index contributed by atoms with van der Waals surface area (Å²) in [5, 5.41) is 9.94. The predicted octanol–water partition coefficient (Wildman–Crippen LogP) is 14.2. The highest BCUT2D eigenvalue weighted by Gasteiger charge is 2.26. The fourth-order valence-corrected chi connectivity index (χ4v) is 9.70. The first kappa shape index (κ1) is 29.1. The average molecular weight is 699 g/mol. The van der Waals surface area contributed by atoms with Crippen LogP contribution in [0, 0.1) is 0 Å². The number of benzene rings is 9. The van der Waals surface area contributed by atoms with Crippen molar-refractivity contribution in [2.45, 2.75) is 0 Å². The lowest BCUT2D eigenvalue weighted by atomic mass is 9.96. The van der Waals surface area contributed by atoms with Gasteiger partial charge >= 0.3 is 0 Å². The third kappa shape index (κ3) is 3.89. The molecule has 0 N–H and O–H groups in total. The summed E-state index contributed by atoms with van der Waals surface area (Å²) in [5.74, 6) is 0. The van der Waals surface area contributed by atoms with Crippen LogP contribution in [0.5, 0.6) is 0 Å². The van der Waals surface area contributed by atoms with Crippen LogP contribution in [0.4, 0.5) is 0 Å². The first-order valence-electron chi connectivity index (χ1n) is 18.9. The van der Waals surface area contributed by atoms with Crippen molar-refractivity contribution < 1.29 is 4.42 Å². The molecule has 0 saturated heterocycles. The molecular weight excluding hydrogens is 669 g/mol. The summed E-state index contributed by atoms with van der Waals surface area (Å²) in [6, 6.07) is 66.6. The van der Waals surface area contributed by atoms with Gasteiger partial charge in [-0.25, -0.2) is 0 Å². The molecule has 254 valence electrons. The number of rotatable bonds is 3. The van der Waals surface area contributed by atoms with E-state index in [2.05, 4.69) is 179 Å². The zero-order valence-electron chi connectivity index (χ0n) is 29.6. The first-order chi connectivity index (χ1) is 27.3. The largest absolute Gasteiger partial charge is 0.456 e. The van der Waals surface area contributed by atoms with Gasteiger partial charge < -0.3 is 13.6 Å². The maximum atomic E-state index is 6.21. The molecule has 0 spiro atoms. The molecule has 0 aliphatic heterocycles. The van der Waals surface area contributed by atoms with Crippen LogP contribution in [0.25, 0.3) is 121 Å². The van der Waals surface area contributed by atoms with Crippen molar-refractivity contribution in [1.82, 2.24) is 9.13 Å². The molecule has 0 radical (unpaired) electrons. The zero-order valence-corrected chi connectivity index (χ0v) is 29.6. The Kier molecular flexibility index (Phi) is 5.63. The van der Waals surface area contributed by atoms with E-state index >= 15 is 0 Å². The van der Waals surface area contributed by atoms with E-state index in [1.807, 2.05) is 12.1 Å². The normalized spacial score (nSPS) is 12.4. The highest BCUT2D eigenvalue weighted by molar-refractivity contribution is 6.29. The molecule has 3 heteroatoms. The summed E-state index contributed by atoms with van der Waals surface area (Å²) in [5.41, 5.74) is 16.5. The monoisotopic (exact) mass is 698 g/mol. The molecule has 0 amide bonds. The standard InChI is InChI=1S/C52H30N2O/c1-2-11-33(12-3-1)53-45-19-8-6-15-37(45)38-24-23-34(29-47(38)53)54-46-25-21-31(32-22-26-50-42(27-32)39-16-7-9-20-49(39)55-50)28-44(46)52-41-18-10-17-40-35-13-4-5-14-36(35)43(51(40)41)30-48(52)54/h1-30H. The number of aromatic nitrogens is 2. The molecule has 1 aliphatic rings. The Bertz CT molecular complexity index is 3600. The van der Waals surface area contributed by atoms with Gasteiger partial charge in [-0.05, 0) is 111 Å². The molecular formula is C52H30N2O. The van der Waals surface area contributed by atoms with Crippen molar-refractivity contribution in [3.8, 4) is 44.8 Å². The number of nitrogens with zero attached hydrogens (tertiary/aromatic N) is 2. The molecule has 12 aromatic rings. The number of hydrogen-bond acceptors (Lipinski definition) is 1. The molecule has 13 rings (SSSR count). The van der Waals surface area contributed by atoms with Gasteiger partial charge in [0, 0.05) is 43.7 Å². The summed E-state index contributed by atoms with van der Waals surface area (Å²) in [6.07, 6.45) is 0. The van der Waals surface area contributed by atoms with Crippen LogP contribution in [-0.2, 0) is 0 Å². The minimum absolute atomic E-state index is 0.912. The highest BCUT2D eigenvalue weighted by atomic mass is 16.3. The van der Waals surface area contributed by atoms with Crippen molar-refractivity contribution in [3.05, 3.63) is 182 Å². The van der Waals surface area contributed by atoms with Crippen LogP contribution in [0.3, 0.4) is 0 Å². The number of furan rings is 1. The van der Waals surface area contributed by atoms with E-state index in [1.54, 1.807) is 0 Å². The predicted molar refractivity (Wildman–Crippen MR) is 230 cm³/mol.